The number of hydrogen-bond acceptors (Lipinski definition) is 4. The van der Waals surface area contributed by atoms with E-state index in [1.54, 1.807) is 52.3 Å². The van der Waals surface area contributed by atoms with Gasteiger partial charge in [-0.25, -0.2) is 0 Å². The van der Waals surface area contributed by atoms with Gasteiger partial charge >= 0.3 is 0 Å². The Morgan fingerprint density at radius 2 is 1.70 bits per heavy atom. The Morgan fingerprint density at radius 1 is 1.00 bits per heavy atom. The first-order chi connectivity index (χ1) is 14.3. The minimum absolute atomic E-state index is 0.140. The molecule has 1 aliphatic rings. The quantitative estimate of drug-likeness (QED) is 0.758. The second-order valence-electron chi connectivity index (χ2n) is 6.80. The summed E-state index contributed by atoms with van der Waals surface area (Å²) in [6, 6.07) is 11.6. The molecule has 158 valence electrons. The number of nitrogens with one attached hydrogen (secondary N) is 1. The van der Waals surface area contributed by atoms with Gasteiger partial charge < -0.3 is 19.9 Å². The third-order valence-corrected chi connectivity index (χ3v) is 5.13. The zero-order chi connectivity index (χ0) is 21.7. The fourth-order valence-corrected chi connectivity index (χ4v) is 3.56. The van der Waals surface area contributed by atoms with Gasteiger partial charge in [-0.05, 0) is 36.4 Å². The van der Waals surface area contributed by atoms with E-state index in [0.29, 0.717) is 53.2 Å². The van der Waals surface area contributed by atoms with E-state index in [2.05, 4.69) is 5.32 Å². The highest BCUT2D eigenvalue weighted by molar-refractivity contribution is 6.35. The van der Waals surface area contributed by atoms with Gasteiger partial charge in [0.15, 0.2) is 6.61 Å². The predicted molar refractivity (Wildman–Crippen MR) is 115 cm³/mol. The Hall–Kier alpha value is -2.77. The number of anilines is 1. The summed E-state index contributed by atoms with van der Waals surface area (Å²) in [6.45, 7) is 2.91. The normalized spacial score (nSPS) is 13.7. The molecule has 0 aliphatic carbocycles. The summed E-state index contributed by atoms with van der Waals surface area (Å²) >= 11 is 11.9. The standard InChI is InChI=1S/C21H21Cl2N3O4/c1-14(27)24-17-4-2-3-15(11-17)21(29)26-9-7-25(8-10-26)20(28)13-30-19-6-5-16(22)12-18(19)23/h2-6,11-12H,7-10,13H2,1H3,(H,24,27). The van der Waals surface area contributed by atoms with Gasteiger partial charge in [0, 0.05) is 49.4 Å². The molecule has 3 amide bonds. The second-order valence-corrected chi connectivity index (χ2v) is 7.64. The van der Waals surface area contributed by atoms with Crippen LogP contribution in [0.3, 0.4) is 0 Å². The number of carbonyl (C=O) groups excluding carboxylic acids is 3. The van der Waals surface area contributed by atoms with Crippen molar-refractivity contribution in [3.05, 3.63) is 58.1 Å². The lowest BCUT2D eigenvalue weighted by molar-refractivity contribution is -0.134. The summed E-state index contributed by atoms with van der Waals surface area (Å²) in [4.78, 5) is 39.7. The average Bonchev–Trinajstić information content (AvgIpc) is 2.72. The van der Waals surface area contributed by atoms with Crippen LogP contribution in [0.4, 0.5) is 5.69 Å². The van der Waals surface area contributed by atoms with Crippen LogP contribution < -0.4 is 10.1 Å². The van der Waals surface area contributed by atoms with Gasteiger partial charge in [0.1, 0.15) is 5.75 Å². The van der Waals surface area contributed by atoms with Crippen LogP contribution in [-0.2, 0) is 9.59 Å². The van der Waals surface area contributed by atoms with E-state index in [1.165, 1.54) is 6.92 Å². The Bertz CT molecular complexity index is 959. The van der Waals surface area contributed by atoms with Crippen molar-refractivity contribution in [2.24, 2.45) is 0 Å². The first-order valence-corrected chi connectivity index (χ1v) is 10.1. The molecule has 1 aliphatic heterocycles. The van der Waals surface area contributed by atoms with Crippen molar-refractivity contribution in [3.8, 4) is 5.75 Å². The van der Waals surface area contributed by atoms with Gasteiger partial charge in [0.05, 0.1) is 5.02 Å². The first kappa shape index (κ1) is 21.9. The second kappa shape index (κ2) is 9.82. The first-order valence-electron chi connectivity index (χ1n) is 9.36. The molecule has 1 heterocycles. The van der Waals surface area contributed by atoms with Crippen LogP contribution >= 0.6 is 23.2 Å². The molecule has 7 nitrogen and oxygen atoms in total. The topological polar surface area (TPSA) is 79.0 Å². The SMILES string of the molecule is CC(=O)Nc1cccc(C(=O)N2CCN(C(=O)COc3ccc(Cl)cc3Cl)CC2)c1. The highest BCUT2D eigenvalue weighted by atomic mass is 35.5. The number of benzene rings is 2. The molecule has 9 heteroatoms. The molecule has 0 saturated carbocycles. The lowest BCUT2D eigenvalue weighted by atomic mass is 10.1. The number of carbonyl (C=O) groups is 3. The van der Waals surface area contributed by atoms with Crippen molar-refractivity contribution < 1.29 is 19.1 Å². The van der Waals surface area contributed by atoms with Crippen LogP contribution in [0.2, 0.25) is 10.0 Å². The van der Waals surface area contributed by atoms with Crippen molar-refractivity contribution in [3.63, 3.8) is 0 Å². The Labute approximate surface area is 184 Å². The molecular formula is C21H21Cl2N3O4. The third-order valence-electron chi connectivity index (χ3n) is 4.59. The van der Waals surface area contributed by atoms with E-state index < -0.39 is 0 Å². The summed E-state index contributed by atoms with van der Waals surface area (Å²) in [7, 11) is 0. The molecule has 0 aromatic heterocycles. The zero-order valence-corrected chi connectivity index (χ0v) is 17.9. The Balaban J connectivity index is 1.52. The van der Waals surface area contributed by atoms with Crippen LogP contribution in [0, 0.1) is 0 Å². The Morgan fingerprint density at radius 3 is 2.37 bits per heavy atom. The van der Waals surface area contributed by atoms with Crippen LogP contribution in [0.25, 0.3) is 0 Å². The maximum absolute atomic E-state index is 12.7. The maximum Gasteiger partial charge on any atom is 0.260 e. The van der Waals surface area contributed by atoms with E-state index >= 15 is 0 Å². The van der Waals surface area contributed by atoms with E-state index in [0.717, 1.165) is 0 Å². The van der Waals surface area contributed by atoms with Gasteiger partial charge in [-0.2, -0.15) is 0 Å². The molecule has 1 N–H and O–H groups in total. The average molecular weight is 450 g/mol. The minimum Gasteiger partial charge on any atom is -0.482 e. The maximum atomic E-state index is 12.7. The molecule has 3 rings (SSSR count). The van der Waals surface area contributed by atoms with Crippen LogP contribution in [0.15, 0.2) is 42.5 Å². The fraction of sp³-hybridized carbons (Fsp3) is 0.286. The van der Waals surface area contributed by atoms with E-state index in [4.69, 9.17) is 27.9 Å². The van der Waals surface area contributed by atoms with Crippen LogP contribution in [0.5, 0.6) is 5.75 Å². The molecule has 2 aromatic carbocycles. The molecule has 2 aromatic rings. The molecule has 1 fully saturated rings. The van der Waals surface area contributed by atoms with E-state index in [-0.39, 0.29) is 24.3 Å². The van der Waals surface area contributed by atoms with E-state index in [1.807, 2.05) is 0 Å². The monoisotopic (exact) mass is 449 g/mol. The number of piperazine rings is 1. The molecule has 0 unspecified atom stereocenters. The summed E-state index contributed by atoms with van der Waals surface area (Å²) in [6.07, 6.45) is 0. The highest BCUT2D eigenvalue weighted by Gasteiger charge is 2.25. The predicted octanol–water partition coefficient (Wildman–Crippen LogP) is 3.32. The van der Waals surface area contributed by atoms with Gasteiger partial charge in [-0.1, -0.05) is 29.3 Å². The van der Waals surface area contributed by atoms with Gasteiger partial charge in [-0.15, -0.1) is 0 Å². The molecule has 0 spiro atoms. The lowest BCUT2D eigenvalue weighted by Gasteiger charge is -2.34. The molecular weight excluding hydrogens is 429 g/mol. The number of ether oxygens (including phenoxy) is 1. The van der Waals surface area contributed by atoms with Crippen molar-refractivity contribution >= 4 is 46.6 Å². The summed E-state index contributed by atoms with van der Waals surface area (Å²) in [5.74, 6) is -0.129. The van der Waals surface area contributed by atoms with Gasteiger partial charge in [0.2, 0.25) is 5.91 Å². The summed E-state index contributed by atoms with van der Waals surface area (Å²) in [5.41, 5.74) is 1.06. The van der Waals surface area contributed by atoms with Crippen molar-refractivity contribution in [1.82, 2.24) is 9.80 Å². The van der Waals surface area contributed by atoms with Crippen molar-refractivity contribution in [2.45, 2.75) is 6.92 Å². The molecule has 0 radical (unpaired) electrons. The lowest BCUT2D eigenvalue weighted by Crippen LogP contribution is -2.51. The fourth-order valence-electron chi connectivity index (χ4n) is 3.10. The number of halogens is 2. The number of nitrogens with zero attached hydrogens (tertiary/aromatic N) is 2. The molecule has 30 heavy (non-hydrogen) atoms. The number of amides is 3. The van der Waals surface area contributed by atoms with Crippen molar-refractivity contribution in [2.75, 3.05) is 38.1 Å². The minimum atomic E-state index is -0.200. The summed E-state index contributed by atoms with van der Waals surface area (Å²) in [5, 5.41) is 3.49. The molecule has 1 saturated heterocycles. The van der Waals surface area contributed by atoms with Gasteiger partial charge in [-0.3, -0.25) is 14.4 Å². The highest BCUT2D eigenvalue weighted by Crippen LogP contribution is 2.27. The third kappa shape index (κ3) is 5.64. The van der Waals surface area contributed by atoms with E-state index in [9.17, 15) is 14.4 Å². The number of hydrogen-bond donors (Lipinski definition) is 1. The smallest absolute Gasteiger partial charge is 0.260 e. The van der Waals surface area contributed by atoms with Crippen LogP contribution in [-0.4, -0.2) is 60.3 Å². The summed E-state index contributed by atoms with van der Waals surface area (Å²) < 4.78 is 5.50. The number of rotatable bonds is 5. The van der Waals surface area contributed by atoms with Gasteiger partial charge in [0.25, 0.3) is 11.8 Å². The van der Waals surface area contributed by atoms with Crippen LogP contribution in [0.1, 0.15) is 17.3 Å². The largest absolute Gasteiger partial charge is 0.482 e. The van der Waals surface area contributed by atoms with Crippen molar-refractivity contribution in [1.29, 1.82) is 0 Å². The Kier molecular flexibility index (Phi) is 7.18. The molecule has 0 atom stereocenters. The zero-order valence-electron chi connectivity index (χ0n) is 16.4. The molecule has 0 bridgehead atoms.